The monoisotopic (exact) mass is 275 g/mol. The topological polar surface area (TPSA) is 94.2 Å². The van der Waals surface area contributed by atoms with Crippen LogP contribution in [0, 0.1) is 0 Å². The third-order valence-electron chi connectivity index (χ3n) is 3.07. The number of carbonyl (C=O) groups excluding carboxylic acids is 2. The number of carbonyl (C=O) groups is 2. The second kappa shape index (κ2) is 6.10. The van der Waals surface area contributed by atoms with Gasteiger partial charge in [0, 0.05) is 30.7 Å². The van der Waals surface area contributed by atoms with Gasteiger partial charge in [-0.2, -0.15) is 0 Å². The van der Waals surface area contributed by atoms with Gasteiger partial charge in [-0.1, -0.05) is 0 Å². The molecular formula is C14H17N3O3. The first-order chi connectivity index (χ1) is 9.60. The highest BCUT2D eigenvalue weighted by Gasteiger charge is 2.08. The van der Waals surface area contributed by atoms with Crippen LogP contribution in [0.15, 0.2) is 24.4 Å². The molecule has 0 aliphatic heterocycles. The Bertz CT molecular complexity index is 634. The SMILES string of the molecule is CNC(=O)CC(=O)NCCc1c[nH]c2ccc(O)cc12. The fourth-order valence-electron chi connectivity index (χ4n) is 2.01. The molecule has 2 rings (SSSR count). The second-order valence-corrected chi connectivity index (χ2v) is 4.49. The quantitative estimate of drug-likeness (QED) is 0.604. The normalized spacial score (nSPS) is 10.4. The number of fused-ring (bicyclic) bond motifs is 1. The molecule has 0 saturated heterocycles. The number of aromatic hydroxyl groups is 1. The number of aromatic amines is 1. The minimum absolute atomic E-state index is 0.162. The van der Waals surface area contributed by atoms with E-state index in [9.17, 15) is 14.7 Å². The maximum atomic E-state index is 11.4. The summed E-state index contributed by atoms with van der Waals surface area (Å²) in [5.41, 5.74) is 1.95. The molecule has 20 heavy (non-hydrogen) atoms. The largest absolute Gasteiger partial charge is 0.508 e. The maximum absolute atomic E-state index is 11.4. The van der Waals surface area contributed by atoms with E-state index < -0.39 is 0 Å². The second-order valence-electron chi connectivity index (χ2n) is 4.49. The highest BCUT2D eigenvalue weighted by atomic mass is 16.3. The molecular weight excluding hydrogens is 258 g/mol. The number of amides is 2. The predicted molar refractivity (Wildman–Crippen MR) is 75.4 cm³/mol. The van der Waals surface area contributed by atoms with E-state index in [1.54, 1.807) is 18.2 Å². The smallest absolute Gasteiger partial charge is 0.229 e. The van der Waals surface area contributed by atoms with Gasteiger partial charge in [0.2, 0.25) is 11.8 Å². The molecule has 0 radical (unpaired) electrons. The zero-order valence-corrected chi connectivity index (χ0v) is 11.2. The Morgan fingerprint density at radius 2 is 2.10 bits per heavy atom. The van der Waals surface area contributed by atoms with Crippen LogP contribution in [-0.2, 0) is 16.0 Å². The van der Waals surface area contributed by atoms with Crippen molar-refractivity contribution in [3.05, 3.63) is 30.0 Å². The van der Waals surface area contributed by atoms with Crippen molar-refractivity contribution in [3.63, 3.8) is 0 Å². The minimum atomic E-state index is -0.306. The number of rotatable bonds is 5. The van der Waals surface area contributed by atoms with Crippen LogP contribution >= 0.6 is 0 Å². The Morgan fingerprint density at radius 3 is 2.85 bits per heavy atom. The van der Waals surface area contributed by atoms with E-state index in [4.69, 9.17) is 0 Å². The fraction of sp³-hybridized carbons (Fsp3) is 0.286. The standard InChI is InChI=1S/C14H17N3O3/c1-15-13(19)7-14(20)16-5-4-9-8-17-12-3-2-10(18)6-11(9)12/h2-3,6,8,17-18H,4-5,7H2,1H3,(H,15,19)(H,16,20). The van der Waals surface area contributed by atoms with Crippen molar-refractivity contribution in [2.75, 3.05) is 13.6 Å². The molecule has 4 N–H and O–H groups in total. The van der Waals surface area contributed by atoms with Crippen molar-refractivity contribution in [1.29, 1.82) is 0 Å². The van der Waals surface area contributed by atoms with E-state index in [-0.39, 0.29) is 24.0 Å². The molecule has 2 amide bonds. The zero-order valence-electron chi connectivity index (χ0n) is 11.2. The molecule has 1 aromatic carbocycles. The van der Waals surface area contributed by atoms with E-state index in [2.05, 4.69) is 15.6 Å². The Labute approximate surface area is 116 Å². The predicted octanol–water partition coefficient (Wildman–Crippen LogP) is 0.668. The molecule has 0 atom stereocenters. The Balaban J connectivity index is 1.91. The zero-order chi connectivity index (χ0) is 14.5. The summed E-state index contributed by atoms with van der Waals surface area (Å²) in [6.45, 7) is 0.443. The molecule has 0 unspecified atom stereocenters. The van der Waals surface area contributed by atoms with Gasteiger partial charge < -0.3 is 20.7 Å². The number of phenolic OH excluding ortho intramolecular Hbond substituents is 1. The van der Waals surface area contributed by atoms with Gasteiger partial charge in [0.05, 0.1) is 0 Å². The molecule has 1 heterocycles. The molecule has 106 valence electrons. The van der Waals surface area contributed by atoms with Crippen LogP contribution < -0.4 is 10.6 Å². The molecule has 0 aliphatic rings. The van der Waals surface area contributed by atoms with Gasteiger partial charge in [-0.05, 0) is 30.2 Å². The summed E-state index contributed by atoms with van der Waals surface area (Å²) in [7, 11) is 1.49. The highest BCUT2D eigenvalue weighted by Crippen LogP contribution is 2.22. The van der Waals surface area contributed by atoms with Crippen LogP contribution in [0.1, 0.15) is 12.0 Å². The van der Waals surface area contributed by atoms with Gasteiger partial charge in [-0.3, -0.25) is 9.59 Å². The number of H-pyrrole nitrogens is 1. The third kappa shape index (κ3) is 3.28. The van der Waals surface area contributed by atoms with Crippen molar-refractivity contribution in [1.82, 2.24) is 15.6 Å². The number of benzene rings is 1. The van der Waals surface area contributed by atoms with Gasteiger partial charge in [0.25, 0.3) is 0 Å². The van der Waals surface area contributed by atoms with Crippen molar-refractivity contribution >= 4 is 22.7 Å². The summed E-state index contributed by atoms with van der Waals surface area (Å²) >= 11 is 0. The van der Waals surface area contributed by atoms with Crippen molar-refractivity contribution < 1.29 is 14.7 Å². The van der Waals surface area contributed by atoms with Gasteiger partial charge in [-0.15, -0.1) is 0 Å². The molecule has 0 fully saturated rings. The lowest BCUT2D eigenvalue weighted by Crippen LogP contribution is -2.31. The highest BCUT2D eigenvalue weighted by molar-refractivity contribution is 5.96. The summed E-state index contributed by atoms with van der Waals surface area (Å²) in [5, 5.41) is 15.5. The Hall–Kier alpha value is -2.50. The van der Waals surface area contributed by atoms with E-state index in [1.807, 2.05) is 6.20 Å². The molecule has 6 nitrogen and oxygen atoms in total. The molecule has 0 spiro atoms. The number of aromatic nitrogens is 1. The molecule has 1 aromatic heterocycles. The Kier molecular flexibility index (Phi) is 4.24. The fourth-order valence-corrected chi connectivity index (χ4v) is 2.01. The lowest BCUT2D eigenvalue weighted by molar-refractivity contribution is -0.128. The maximum Gasteiger partial charge on any atom is 0.229 e. The third-order valence-corrected chi connectivity index (χ3v) is 3.07. The van der Waals surface area contributed by atoms with E-state index >= 15 is 0 Å². The molecule has 0 saturated carbocycles. The van der Waals surface area contributed by atoms with Gasteiger partial charge in [0.15, 0.2) is 0 Å². The first kappa shape index (κ1) is 13.9. The summed E-state index contributed by atoms with van der Waals surface area (Å²) in [6, 6.07) is 5.11. The van der Waals surface area contributed by atoms with Gasteiger partial charge >= 0.3 is 0 Å². The average Bonchev–Trinajstić information content (AvgIpc) is 2.81. The lowest BCUT2D eigenvalue weighted by Gasteiger charge is -2.04. The number of nitrogens with one attached hydrogen (secondary N) is 3. The van der Waals surface area contributed by atoms with E-state index in [1.165, 1.54) is 7.05 Å². The first-order valence-corrected chi connectivity index (χ1v) is 6.36. The van der Waals surface area contributed by atoms with Crippen molar-refractivity contribution in [3.8, 4) is 5.75 Å². The summed E-state index contributed by atoms with van der Waals surface area (Å²) in [4.78, 5) is 25.6. The summed E-state index contributed by atoms with van der Waals surface area (Å²) < 4.78 is 0. The van der Waals surface area contributed by atoms with Crippen LogP contribution in [0.5, 0.6) is 5.75 Å². The Morgan fingerprint density at radius 1 is 1.30 bits per heavy atom. The first-order valence-electron chi connectivity index (χ1n) is 6.36. The van der Waals surface area contributed by atoms with Gasteiger partial charge in [0.1, 0.15) is 12.2 Å². The van der Waals surface area contributed by atoms with Crippen LogP contribution in [0.4, 0.5) is 0 Å². The van der Waals surface area contributed by atoms with Gasteiger partial charge in [-0.25, -0.2) is 0 Å². The summed E-state index contributed by atoms with van der Waals surface area (Å²) in [6.07, 6.45) is 2.32. The number of phenols is 1. The van der Waals surface area contributed by atoms with Crippen LogP contribution in [0.3, 0.4) is 0 Å². The molecule has 6 heteroatoms. The minimum Gasteiger partial charge on any atom is -0.508 e. The molecule has 0 bridgehead atoms. The van der Waals surface area contributed by atoms with Crippen molar-refractivity contribution in [2.45, 2.75) is 12.8 Å². The average molecular weight is 275 g/mol. The summed E-state index contributed by atoms with van der Waals surface area (Å²) in [5.74, 6) is -0.395. The van der Waals surface area contributed by atoms with Crippen LogP contribution in [-0.4, -0.2) is 35.5 Å². The van der Waals surface area contributed by atoms with Crippen molar-refractivity contribution in [2.24, 2.45) is 0 Å². The number of hydrogen-bond donors (Lipinski definition) is 4. The molecule has 0 aliphatic carbocycles. The lowest BCUT2D eigenvalue weighted by atomic mass is 10.1. The number of hydrogen-bond acceptors (Lipinski definition) is 3. The van der Waals surface area contributed by atoms with Crippen LogP contribution in [0.25, 0.3) is 10.9 Å². The molecule has 2 aromatic rings. The van der Waals surface area contributed by atoms with E-state index in [0.29, 0.717) is 13.0 Å². The van der Waals surface area contributed by atoms with E-state index in [0.717, 1.165) is 16.5 Å². The van der Waals surface area contributed by atoms with Crippen LogP contribution in [0.2, 0.25) is 0 Å².